The second-order valence-corrected chi connectivity index (χ2v) is 10.4. The van der Waals surface area contributed by atoms with Gasteiger partial charge in [-0.2, -0.15) is 0 Å². The molecule has 2 N–H and O–H groups in total. The second kappa shape index (κ2) is 14.7. The number of benzene rings is 4. The van der Waals surface area contributed by atoms with Crippen LogP contribution in [0.4, 0.5) is 11.4 Å². The van der Waals surface area contributed by atoms with E-state index >= 15 is 0 Å². The zero-order valence-electron chi connectivity index (χ0n) is 23.0. The van der Waals surface area contributed by atoms with Crippen LogP contribution in [0.2, 0.25) is 0 Å². The summed E-state index contributed by atoms with van der Waals surface area (Å²) in [6, 6.07) is 30.4. The van der Waals surface area contributed by atoms with Crippen molar-refractivity contribution in [3.05, 3.63) is 120 Å². The van der Waals surface area contributed by atoms with Gasteiger partial charge in [0, 0.05) is 21.8 Å². The first-order chi connectivity index (χ1) is 20.0. The fourth-order valence-corrected chi connectivity index (χ4v) is 5.03. The molecule has 4 aromatic carbocycles. The summed E-state index contributed by atoms with van der Waals surface area (Å²) < 4.78 is 10.5. The van der Waals surface area contributed by atoms with Crippen LogP contribution in [0.3, 0.4) is 0 Å². The first-order valence-corrected chi connectivity index (χ1v) is 14.2. The molecule has 0 fully saturated rings. The molecule has 0 aliphatic carbocycles. The Labute approximate surface area is 244 Å². The maximum absolute atomic E-state index is 13.5. The number of hydrogen-bond acceptors (Lipinski definition) is 6. The summed E-state index contributed by atoms with van der Waals surface area (Å²) in [5, 5.41) is 5.31. The van der Waals surface area contributed by atoms with Crippen molar-refractivity contribution in [1.29, 1.82) is 0 Å². The van der Waals surface area contributed by atoms with Crippen molar-refractivity contribution in [2.45, 2.75) is 29.9 Å². The summed E-state index contributed by atoms with van der Waals surface area (Å²) in [4.78, 5) is 39.3. The maximum Gasteiger partial charge on any atom is 0.338 e. The van der Waals surface area contributed by atoms with Gasteiger partial charge in [-0.1, -0.05) is 55.8 Å². The van der Waals surface area contributed by atoms with Crippen LogP contribution in [0.1, 0.15) is 51.3 Å². The SMILES string of the molecule is CCCCOC(=O)c1ccc(NC(=O)C(Sc2cccc(NC(=O)c3cccc(OC)c3)c2)c2ccccc2)cc1. The minimum atomic E-state index is -0.570. The molecular formula is C33H32N2O5S. The lowest BCUT2D eigenvalue weighted by molar-refractivity contribution is -0.115. The van der Waals surface area contributed by atoms with Crippen molar-refractivity contribution >= 4 is 40.9 Å². The summed E-state index contributed by atoms with van der Waals surface area (Å²) in [6.45, 7) is 2.42. The van der Waals surface area contributed by atoms with Gasteiger partial charge in [0.25, 0.3) is 5.91 Å². The molecule has 0 heterocycles. The van der Waals surface area contributed by atoms with Crippen molar-refractivity contribution in [3.8, 4) is 5.75 Å². The van der Waals surface area contributed by atoms with Gasteiger partial charge in [0.15, 0.2) is 0 Å². The molecule has 4 aromatic rings. The molecular weight excluding hydrogens is 536 g/mol. The number of thioether (sulfide) groups is 1. The maximum atomic E-state index is 13.5. The number of rotatable bonds is 12. The van der Waals surface area contributed by atoms with E-state index in [4.69, 9.17) is 9.47 Å². The van der Waals surface area contributed by atoms with Gasteiger partial charge in [-0.3, -0.25) is 9.59 Å². The Morgan fingerprint density at radius 2 is 1.54 bits per heavy atom. The largest absolute Gasteiger partial charge is 0.497 e. The normalized spacial score (nSPS) is 11.3. The van der Waals surface area contributed by atoms with E-state index in [9.17, 15) is 14.4 Å². The Bertz CT molecular complexity index is 1470. The number of unbranched alkanes of at least 4 members (excludes halogenated alkanes) is 1. The van der Waals surface area contributed by atoms with Crippen LogP contribution in [-0.2, 0) is 9.53 Å². The van der Waals surface area contributed by atoms with E-state index in [0.717, 1.165) is 23.3 Å². The van der Waals surface area contributed by atoms with Gasteiger partial charge in [0.2, 0.25) is 5.91 Å². The predicted octanol–water partition coefficient (Wildman–Crippen LogP) is 7.38. The zero-order valence-corrected chi connectivity index (χ0v) is 23.8. The van der Waals surface area contributed by atoms with E-state index in [0.29, 0.717) is 34.9 Å². The fraction of sp³-hybridized carbons (Fsp3) is 0.182. The number of hydrogen-bond donors (Lipinski definition) is 2. The smallest absolute Gasteiger partial charge is 0.338 e. The first kappa shape index (κ1) is 29.4. The van der Waals surface area contributed by atoms with Crippen molar-refractivity contribution in [1.82, 2.24) is 0 Å². The van der Waals surface area contributed by atoms with E-state index in [1.807, 2.05) is 55.5 Å². The van der Waals surface area contributed by atoms with Gasteiger partial charge in [-0.15, -0.1) is 11.8 Å². The highest BCUT2D eigenvalue weighted by molar-refractivity contribution is 8.00. The summed E-state index contributed by atoms with van der Waals surface area (Å²) >= 11 is 1.37. The molecule has 1 unspecified atom stereocenters. The van der Waals surface area contributed by atoms with Gasteiger partial charge >= 0.3 is 5.97 Å². The molecule has 8 heteroatoms. The molecule has 0 aliphatic rings. The van der Waals surface area contributed by atoms with E-state index < -0.39 is 5.25 Å². The molecule has 0 saturated heterocycles. The number of anilines is 2. The van der Waals surface area contributed by atoms with Crippen LogP contribution in [0.25, 0.3) is 0 Å². The van der Waals surface area contributed by atoms with E-state index in [1.54, 1.807) is 61.7 Å². The minimum Gasteiger partial charge on any atom is -0.497 e. The Morgan fingerprint density at radius 1 is 0.780 bits per heavy atom. The van der Waals surface area contributed by atoms with Gasteiger partial charge in [-0.05, 0) is 72.6 Å². The number of methoxy groups -OCH3 is 1. The average molecular weight is 569 g/mol. The number of amides is 2. The molecule has 41 heavy (non-hydrogen) atoms. The molecule has 0 radical (unpaired) electrons. The van der Waals surface area contributed by atoms with E-state index in [-0.39, 0.29) is 17.8 Å². The molecule has 1 atom stereocenters. The minimum absolute atomic E-state index is 0.217. The van der Waals surface area contributed by atoms with Crippen LogP contribution in [0.15, 0.2) is 108 Å². The standard InChI is InChI=1S/C33H32N2O5S/c1-3-4-20-40-33(38)24-16-18-26(19-17-24)34-32(37)30(23-10-6-5-7-11-23)41-29-15-9-13-27(22-29)35-31(36)25-12-8-14-28(21-25)39-2/h5-19,21-22,30H,3-4,20H2,1-2H3,(H,34,37)(H,35,36). The van der Waals surface area contributed by atoms with Crippen LogP contribution in [-0.4, -0.2) is 31.5 Å². The number of nitrogens with one attached hydrogen (secondary N) is 2. The quantitative estimate of drug-likeness (QED) is 0.105. The Morgan fingerprint density at radius 3 is 2.27 bits per heavy atom. The second-order valence-electron chi connectivity index (χ2n) is 9.18. The Balaban J connectivity index is 1.47. The third-order valence-electron chi connectivity index (χ3n) is 6.14. The molecule has 0 aliphatic heterocycles. The van der Waals surface area contributed by atoms with Crippen LogP contribution in [0.5, 0.6) is 5.75 Å². The number of carbonyl (C=O) groups excluding carboxylic acids is 3. The monoisotopic (exact) mass is 568 g/mol. The highest BCUT2D eigenvalue weighted by atomic mass is 32.2. The highest BCUT2D eigenvalue weighted by Gasteiger charge is 2.23. The third-order valence-corrected chi connectivity index (χ3v) is 7.39. The molecule has 0 bridgehead atoms. The summed E-state index contributed by atoms with van der Waals surface area (Å²) in [5.74, 6) is -0.265. The first-order valence-electron chi connectivity index (χ1n) is 13.3. The van der Waals surface area contributed by atoms with Crippen molar-refractivity contribution < 1.29 is 23.9 Å². The Hall–Kier alpha value is -4.56. The third kappa shape index (κ3) is 8.46. The van der Waals surface area contributed by atoms with Crippen LogP contribution in [0, 0.1) is 0 Å². The lowest BCUT2D eigenvalue weighted by atomic mass is 10.1. The Kier molecular flexibility index (Phi) is 10.6. The van der Waals surface area contributed by atoms with Gasteiger partial charge in [0.1, 0.15) is 11.0 Å². The molecule has 2 amide bonds. The van der Waals surface area contributed by atoms with Gasteiger partial charge in [-0.25, -0.2) is 4.79 Å². The van der Waals surface area contributed by atoms with Crippen LogP contribution >= 0.6 is 11.8 Å². The molecule has 7 nitrogen and oxygen atoms in total. The summed E-state index contributed by atoms with van der Waals surface area (Å²) in [5.41, 5.74) is 2.92. The number of esters is 1. The van der Waals surface area contributed by atoms with Crippen molar-refractivity contribution in [2.24, 2.45) is 0 Å². The fourth-order valence-electron chi connectivity index (χ4n) is 3.94. The summed E-state index contributed by atoms with van der Waals surface area (Å²) in [6.07, 6.45) is 1.76. The zero-order chi connectivity index (χ0) is 29.0. The topological polar surface area (TPSA) is 93.7 Å². The molecule has 0 spiro atoms. The van der Waals surface area contributed by atoms with Gasteiger partial charge < -0.3 is 20.1 Å². The van der Waals surface area contributed by atoms with E-state index in [2.05, 4.69) is 10.6 Å². The molecule has 0 saturated carbocycles. The predicted molar refractivity (Wildman–Crippen MR) is 163 cm³/mol. The van der Waals surface area contributed by atoms with Crippen molar-refractivity contribution in [2.75, 3.05) is 24.4 Å². The molecule has 0 aromatic heterocycles. The number of ether oxygens (including phenoxy) is 2. The highest BCUT2D eigenvalue weighted by Crippen LogP contribution is 2.37. The molecule has 210 valence electrons. The molecule has 4 rings (SSSR count). The van der Waals surface area contributed by atoms with Crippen LogP contribution < -0.4 is 15.4 Å². The lowest BCUT2D eigenvalue weighted by Gasteiger charge is -2.18. The van der Waals surface area contributed by atoms with Crippen molar-refractivity contribution in [3.63, 3.8) is 0 Å². The average Bonchev–Trinajstić information content (AvgIpc) is 3.01. The van der Waals surface area contributed by atoms with Gasteiger partial charge in [0.05, 0.1) is 19.3 Å². The lowest BCUT2D eigenvalue weighted by Crippen LogP contribution is -2.19. The summed E-state index contributed by atoms with van der Waals surface area (Å²) in [7, 11) is 1.55. The number of carbonyl (C=O) groups is 3. The van der Waals surface area contributed by atoms with E-state index in [1.165, 1.54) is 11.8 Å².